The maximum absolute atomic E-state index is 5.67. The lowest BCUT2D eigenvalue weighted by atomic mass is 10.2. The van der Waals surface area contributed by atoms with Gasteiger partial charge in [-0.25, -0.2) is 0 Å². The van der Waals surface area contributed by atoms with Crippen molar-refractivity contribution >= 4 is 11.6 Å². The van der Waals surface area contributed by atoms with Gasteiger partial charge in [0.25, 0.3) is 0 Å². The van der Waals surface area contributed by atoms with Crippen molar-refractivity contribution < 1.29 is 9.47 Å². The van der Waals surface area contributed by atoms with Gasteiger partial charge in [-0.1, -0.05) is 0 Å². The quantitative estimate of drug-likeness (QED) is 0.476. The average molecular weight is 224 g/mol. The van der Waals surface area contributed by atoms with Gasteiger partial charge >= 0.3 is 0 Å². The van der Waals surface area contributed by atoms with E-state index in [2.05, 4.69) is 5.32 Å². The van der Waals surface area contributed by atoms with Crippen LogP contribution in [-0.4, -0.2) is 44.9 Å². The molecular weight excluding hydrogens is 202 g/mol. The van der Waals surface area contributed by atoms with Crippen LogP contribution in [0.5, 0.6) is 0 Å². The minimum absolute atomic E-state index is 0.297. The van der Waals surface area contributed by atoms with E-state index in [9.17, 15) is 0 Å². The number of methoxy groups -OCH3 is 1. The zero-order chi connectivity index (χ0) is 10.8. The van der Waals surface area contributed by atoms with Crippen LogP contribution in [-0.2, 0) is 9.47 Å². The fourth-order valence-electron chi connectivity index (χ4n) is 1.13. The van der Waals surface area contributed by atoms with E-state index in [4.69, 9.17) is 21.1 Å². The van der Waals surface area contributed by atoms with Gasteiger partial charge in [0.05, 0.1) is 19.3 Å². The largest absolute Gasteiger partial charge is 0.383 e. The van der Waals surface area contributed by atoms with Crippen LogP contribution >= 0.6 is 11.6 Å². The van der Waals surface area contributed by atoms with Crippen LogP contribution in [0.4, 0.5) is 0 Å². The first-order valence-corrected chi connectivity index (χ1v) is 5.64. The molecule has 0 rings (SSSR count). The molecule has 86 valence electrons. The Morgan fingerprint density at radius 1 is 1.36 bits per heavy atom. The van der Waals surface area contributed by atoms with E-state index in [0.717, 1.165) is 19.6 Å². The molecule has 0 aliphatic heterocycles. The molecule has 0 fully saturated rings. The van der Waals surface area contributed by atoms with Crippen molar-refractivity contribution in [1.29, 1.82) is 0 Å². The molecule has 0 amide bonds. The molecule has 1 N–H and O–H groups in total. The molecule has 1 unspecified atom stereocenters. The number of hydrogen-bond donors (Lipinski definition) is 1. The minimum Gasteiger partial charge on any atom is -0.383 e. The maximum Gasteiger partial charge on any atom is 0.0616 e. The minimum atomic E-state index is 0.297. The van der Waals surface area contributed by atoms with Crippen LogP contribution in [0.1, 0.15) is 20.3 Å². The topological polar surface area (TPSA) is 30.5 Å². The zero-order valence-electron chi connectivity index (χ0n) is 9.38. The third-order valence-corrected chi connectivity index (χ3v) is 2.03. The van der Waals surface area contributed by atoms with Crippen LogP contribution in [0.15, 0.2) is 0 Å². The summed E-state index contributed by atoms with van der Waals surface area (Å²) in [6.07, 6.45) is 1.22. The first-order valence-electron chi connectivity index (χ1n) is 5.10. The Balaban J connectivity index is 3.40. The highest BCUT2D eigenvalue weighted by Gasteiger charge is 2.06. The van der Waals surface area contributed by atoms with Crippen molar-refractivity contribution in [3.8, 4) is 0 Å². The molecule has 0 aliphatic carbocycles. The molecule has 3 nitrogen and oxygen atoms in total. The summed E-state index contributed by atoms with van der Waals surface area (Å²) in [4.78, 5) is 0. The lowest BCUT2D eigenvalue weighted by Gasteiger charge is -2.17. The Kier molecular flexibility index (Phi) is 9.83. The summed E-state index contributed by atoms with van der Waals surface area (Å²) in [5.74, 6) is 0.659. The summed E-state index contributed by atoms with van der Waals surface area (Å²) < 4.78 is 10.5. The van der Waals surface area contributed by atoms with Crippen molar-refractivity contribution in [2.45, 2.75) is 32.4 Å². The Bertz CT molecular complexity index is 117. The van der Waals surface area contributed by atoms with Gasteiger partial charge in [-0.3, -0.25) is 0 Å². The van der Waals surface area contributed by atoms with E-state index in [1.54, 1.807) is 7.11 Å². The highest BCUT2D eigenvalue weighted by atomic mass is 35.5. The van der Waals surface area contributed by atoms with Crippen LogP contribution in [0.2, 0.25) is 0 Å². The number of rotatable bonds is 9. The highest BCUT2D eigenvalue weighted by Crippen LogP contribution is 1.95. The predicted molar refractivity (Wildman–Crippen MR) is 60.1 cm³/mol. The second kappa shape index (κ2) is 9.71. The van der Waals surface area contributed by atoms with Gasteiger partial charge in [0.1, 0.15) is 0 Å². The molecule has 0 saturated heterocycles. The molecule has 0 aromatic heterocycles. The van der Waals surface area contributed by atoms with Gasteiger partial charge in [-0.15, -0.1) is 11.6 Å². The molecule has 0 aliphatic rings. The lowest BCUT2D eigenvalue weighted by molar-refractivity contribution is 0.0760. The van der Waals surface area contributed by atoms with Crippen LogP contribution < -0.4 is 5.32 Å². The van der Waals surface area contributed by atoms with E-state index in [-0.39, 0.29) is 0 Å². The Morgan fingerprint density at radius 2 is 2.07 bits per heavy atom. The first-order chi connectivity index (χ1) is 6.70. The summed E-state index contributed by atoms with van der Waals surface area (Å²) in [7, 11) is 1.70. The lowest BCUT2D eigenvalue weighted by Crippen LogP contribution is -2.36. The summed E-state index contributed by atoms with van der Waals surface area (Å²) in [5, 5.41) is 3.34. The number of nitrogens with one attached hydrogen (secondary N) is 1. The summed E-state index contributed by atoms with van der Waals surface area (Å²) in [6.45, 7) is 6.36. The molecule has 0 radical (unpaired) electrons. The molecule has 14 heavy (non-hydrogen) atoms. The average Bonchev–Trinajstić information content (AvgIpc) is 2.12. The van der Waals surface area contributed by atoms with E-state index in [0.29, 0.717) is 24.6 Å². The van der Waals surface area contributed by atoms with Crippen molar-refractivity contribution in [2.24, 2.45) is 0 Å². The summed E-state index contributed by atoms with van der Waals surface area (Å²) in [6, 6.07) is 0.341. The van der Waals surface area contributed by atoms with Crippen molar-refractivity contribution in [3.63, 3.8) is 0 Å². The number of halogens is 1. The van der Waals surface area contributed by atoms with Crippen molar-refractivity contribution in [3.05, 3.63) is 0 Å². The molecule has 0 aromatic carbocycles. The maximum atomic E-state index is 5.67. The monoisotopic (exact) mass is 223 g/mol. The van der Waals surface area contributed by atoms with E-state index in [1.807, 2.05) is 13.8 Å². The van der Waals surface area contributed by atoms with E-state index >= 15 is 0 Å². The number of alkyl halides is 1. The van der Waals surface area contributed by atoms with Crippen LogP contribution in [0, 0.1) is 0 Å². The van der Waals surface area contributed by atoms with Gasteiger partial charge in [-0.2, -0.15) is 0 Å². The molecule has 0 saturated carbocycles. The summed E-state index contributed by atoms with van der Waals surface area (Å²) in [5.41, 5.74) is 0. The fraction of sp³-hybridized carbons (Fsp3) is 1.00. The second-order valence-electron chi connectivity index (χ2n) is 3.50. The molecule has 0 bridgehead atoms. The predicted octanol–water partition coefficient (Wildman–Crippen LogP) is 1.64. The van der Waals surface area contributed by atoms with E-state index in [1.165, 1.54) is 0 Å². The molecule has 0 heterocycles. The van der Waals surface area contributed by atoms with Gasteiger partial charge in [0.15, 0.2) is 0 Å². The van der Waals surface area contributed by atoms with Crippen LogP contribution in [0.3, 0.4) is 0 Å². The van der Waals surface area contributed by atoms with Crippen LogP contribution in [0.25, 0.3) is 0 Å². The Labute approximate surface area is 92.1 Å². The van der Waals surface area contributed by atoms with Gasteiger partial charge in [0, 0.05) is 25.6 Å². The second-order valence-corrected chi connectivity index (χ2v) is 3.88. The molecule has 0 spiro atoms. The van der Waals surface area contributed by atoms with Crippen molar-refractivity contribution in [2.75, 3.05) is 32.7 Å². The summed E-state index contributed by atoms with van der Waals surface area (Å²) >= 11 is 5.67. The smallest absolute Gasteiger partial charge is 0.0616 e. The Hall–Kier alpha value is 0.170. The SMILES string of the molecule is COCC(CCCl)NCCOC(C)C. The van der Waals surface area contributed by atoms with E-state index < -0.39 is 0 Å². The first kappa shape index (κ1) is 14.2. The third-order valence-electron chi connectivity index (χ3n) is 1.81. The fourth-order valence-corrected chi connectivity index (χ4v) is 1.40. The van der Waals surface area contributed by atoms with Gasteiger partial charge in [0.2, 0.25) is 0 Å². The highest BCUT2D eigenvalue weighted by molar-refractivity contribution is 6.17. The van der Waals surface area contributed by atoms with Crippen molar-refractivity contribution in [1.82, 2.24) is 5.32 Å². The zero-order valence-corrected chi connectivity index (χ0v) is 10.1. The Morgan fingerprint density at radius 3 is 2.57 bits per heavy atom. The molecule has 1 atom stereocenters. The standard InChI is InChI=1S/C10H22ClNO2/c1-9(2)14-7-6-12-10(4-5-11)8-13-3/h9-10,12H,4-8H2,1-3H3. The number of hydrogen-bond acceptors (Lipinski definition) is 3. The van der Waals surface area contributed by atoms with Gasteiger partial charge < -0.3 is 14.8 Å². The molecule has 0 aromatic rings. The molecule has 4 heteroatoms. The normalized spacial score (nSPS) is 13.5. The number of ether oxygens (including phenoxy) is 2. The third kappa shape index (κ3) is 8.75. The molecular formula is C10H22ClNO2. The van der Waals surface area contributed by atoms with Gasteiger partial charge in [-0.05, 0) is 20.3 Å².